The Bertz CT molecular complexity index is 4720. The third-order valence-electron chi connectivity index (χ3n) is 21.8. The molecule has 0 bridgehead atoms. The number of hydrogen-bond donors (Lipinski definition) is 0. The predicted molar refractivity (Wildman–Crippen MR) is 445 cm³/mol. The summed E-state index contributed by atoms with van der Waals surface area (Å²) in [5.74, 6) is 0. The van der Waals surface area contributed by atoms with E-state index >= 15 is 0 Å². The molecule has 0 saturated carbocycles. The number of benzene rings is 12. The maximum absolute atomic E-state index is 2.74. The Kier molecular flexibility index (Phi) is 17.3. The standard InChI is InChI=1S/C99H103BN2/c1-62-46-63(2)90(64(3)47-62)73-54-88-91-89(55-73)102(93-82(67-38-30-24-31-39-67)60-79(99(19,20)21)61-83(93)68-40-32-25-33-41-68)87-45-43-70(72-50-76(96(10,11)12)57-77(51-72)97(13,14)15)53-85(87)100(91)84-52-69(71-48-74(94(4,5)6)56-75(49-71)95(7,8)9)42-44-86(84)101(88)92-80(65-34-26-22-27-35-65)58-78(98(16,17)18)59-81(92)66-36-28-23-29-37-66/h22-61H,1-21H3. The summed E-state index contributed by atoms with van der Waals surface area (Å²) in [4.78, 5) is 5.49. The summed E-state index contributed by atoms with van der Waals surface area (Å²) in [7, 11) is 0. The lowest BCUT2D eigenvalue weighted by Crippen LogP contribution is -2.61. The zero-order valence-corrected chi connectivity index (χ0v) is 64.6. The minimum Gasteiger partial charge on any atom is -0.310 e. The second kappa shape index (κ2) is 25.4. The van der Waals surface area contributed by atoms with Crippen molar-refractivity contribution in [3.63, 3.8) is 0 Å². The fourth-order valence-electron chi connectivity index (χ4n) is 15.9. The fourth-order valence-corrected chi connectivity index (χ4v) is 15.9. The number of anilines is 6. The second-order valence-electron chi connectivity index (χ2n) is 35.8. The van der Waals surface area contributed by atoms with E-state index in [0.717, 1.165) is 34.1 Å². The van der Waals surface area contributed by atoms with E-state index in [-0.39, 0.29) is 39.2 Å². The molecule has 0 spiro atoms. The lowest BCUT2D eigenvalue weighted by Gasteiger charge is -2.46. The maximum atomic E-state index is 2.74. The molecule has 0 aliphatic carbocycles. The lowest BCUT2D eigenvalue weighted by atomic mass is 9.33. The number of aryl methyl sites for hydroxylation is 3. The fraction of sp³-hybridized carbons (Fsp3) is 0.273. The van der Waals surface area contributed by atoms with Gasteiger partial charge in [-0.2, -0.15) is 0 Å². The van der Waals surface area contributed by atoms with Crippen molar-refractivity contribution < 1.29 is 0 Å². The normalized spacial score (nSPS) is 13.3. The maximum Gasteiger partial charge on any atom is 0.252 e. The van der Waals surface area contributed by atoms with Crippen molar-refractivity contribution in [2.45, 2.75) is 178 Å². The summed E-state index contributed by atoms with van der Waals surface area (Å²) in [5, 5.41) is 0. The van der Waals surface area contributed by atoms with Crippen LogP contribution in [0.2, 0.25) is 0 Å². The highest BCUT2D eigenvalue weighted by molar-refractivity contribution is 7.00. The van der Waals surface area contributed by atoms with Crippen LogP contribution in [-0.4, -0.2) is 6.71 Å². The predicted octanol–water partition coefficient (Wildman–Crippen LogP) is 26.1. The molecule has 14 rings (SSSR count). The molecule has 0 unspecified atom stereocenters. The summed E-state index contributed by atoms with van der Waals surface area (Å²) in [5.41, 5.74) is 38.4. The third kappa shape index (κ3) is 12.9. The minimum atomic E-state index is -0.258. The van der Waals surface area contributed by atoms with Crippen LogP contribution in [0.5, 0.6) is 0 Å². The number of rotatable bonds is 9. The second-order valence-corrected chi connectivity index (χ2v) is 35.8. The van der Waals surface area contributed by atoms with Crippen LogP contribution >= 0.6 is 0 Å². The highest BCUT2D eigenvalue weighted by atomic mass is 15.2. The zero-order valence-electron chi connectivity index (χ0n) is 64.6. The van der Waals surface area contributed by atoms with Crippen molar-refractivity contribution in [1.29, 1.82) is 0 Å². The molecule has 12 aromatic carbocycles. The van der Waals surface area contributed by atoms with Crippen LogP contribution < -0.4 is 26.2 Å². The van der Waals surface area contributed by atoms with Gasteiger partial charge in [-0.05, 0) is 218 Å². The van der Waals surface area contributed by atoms with Crippen LogP contribution in [0.4, 0.5) is 34.1 Å². The number of hydrogen-bond acceptors (Lipinski definition) is 2. The Labute approximate surface area is 611 Å². The van der Waals surface area contributed by atoms with Crippen molar-refractivity contribution in [1.82, 2.24) is 0 Å². The summed E-state index contributed by atoms with van der Waals surface area (Å²) in [6.07, 6.45) is 0. The summed E-state index contributed by atoms with van der Waals surface area (Å²) in [6.45, 7) is 49.2. The van der Waals surface area contributed by atoms with E-state index in [4.69, 9.17) is 0 Å². The number of nitrogens with zero attached hydrogens (tertiary/aromatic N) is 2. The van der Waals surface area contributed by atoms with Gasteiger partial charge in [-0.3, -0.25) is 0 Å². The van der Waals surface area contributed by atoms with Gasteiger partial charge in [-0.1, -0.05) is 324 Å². The molecule has 12 aromatic rings. The molecule has 2 nitrogen and oxygen atoms in total. The molecule has 0 fully saturated rings. The first-order valence-corrected chi connectivity index (χ1v) is 37.2. The lowest BCUT2D eigenvalue weighted by molar-refractivity contribution is 0.568. The van der Waals surface area contributed by atoms with Gasteiger partial charge in [0.15, 0.2) is 0 Å². The molecular formula is C99H103BN2. The average Bonchev–Trinajstić information content (AvgIpc) is 0.686. The smallest absolute Gasteiger partial charge is 0.252 e. The molecule has 0 saturated heterocycles. The van der Waals surface area contributed by atoms with Crippen LogP contribution in [0.25, 0.3) is 77.9 Å². The molecule has 0 radical (unpaired) electrons. The van der Waals surface area contributed by atoms with Crippen molar-refractivity contribution in [3.05, 3.63) is 293 Å². The molecule has 512 valence electrons. The first kappa shape index (κ1) is 69.4. The van der Waals surface area contributed by atoms with Crippen molar-refractivity contribution >= 4 is 57.2 Å². The zero-order chi connectivity index (χ0) is 72.5. The molecule has 0 aromatic heterocycles. The molecule has 102 heavy (non-hydrogen) atoms. The molecular weight excluding hydrogens is 1230 g/mol. The van der Waals surface area contributed by atoms with E-state index in [1.54, 1.807) is 0 Å². The van der Waals surface area contributed by atoms with Gasteiger partial charge in [0.1, 0.15) is 0 Å². The van der Waals surface area contributed by atoms with Gasteiger partial charge in [0, 0.05) is 45.0 Å². The highest BCUT2D eigenvalue weighted by Crippen LogP contribution is 2.56. The Morgan fingerprint density at radius 2 is 0.510 bits per heavy atom. The van der Waals surface area contributed by atoms with Gasteiger partial charge < -0.3 is 9.80 Å². The van der Waals surface area contributed by atoms with E-state index in [2.05, 4.69) is 398 Å². The third-order valence-corrected chi connectivity index (χ3v) is 21.8. The van der Waals surface area contributed by atoms with E-state index in [0.29, 0.717) is 0 Å². The topological polar surface area (TPSA) is 6.48 Å². The van der Waals surface area contributed by atoms with Crippen LogP contribution in [0, 0.1) is 20.8 Å². The molecule has 0 amide bonds. The van der Waals surface area contributed by atoms with Gasteiger partial charge in [0.05, 0.1) is 11.4 Å². The van der Waals surface area contributed by atoms with Crippen molar-refractivity contribution in [2.24, 2.45) is 0 Å². The molecule has 0 N–H and O–H groups in total. The van der Waals surface area contributed by atoms with Crippen molar-refractivity contribution in [2.75, 3.05) is 9.80 Å². The van der Waals surface area contributed by atoms with E-state index in [1.165, 1.54) is 144 Å². The van der Waals surface area contributed by atoms with Gasteiger partial charge >= 0.3 is 0 Å². The highest BCUT2D eigenvalue weighted by Gasteiger charge is 2.46. The van der Waals surface area contributed by atoms with Crippen molar-refractivity contribution in [3.8, 4) is 77.9 Å². The minimum absolute atomic E-state index is 0.0940. The molecule has 2 aliphatic heterocycles. The van der Waals surface area contributed by atoms with Crippen LogP contribution in [0.1, 0.15) is 175 Å². The van der Waals surface area contributed by atoms with E-state index in [9.17, 15) is 0 Å². The molecule has 0 atom stereocenters. The van der Waals surface area contributed by atoms with Gasteiger partial charge in [-0.15, -0.1) is 0 Å². The SMILES string of the molecule is Cc1cc(C)c(-c2cc3c4c(c2)N(c2c(-c5ccccc5)cc(C(C)(C)C)cc2-c2ccccc2)c2ccc(-c5cc(C(C)(C)C)cc(C(C)(C)C)c5)cc2B4c2cc(-c4cc(C(C)(C)C)cc(C(C)(C)C)c4)ccc2N3c2c(-c3ccccc3)cc(C(C)(C)C)cc2-c2ccccc2)c(C)c1. The van der Waals surface area contributed by atoms with E-state index in [1.807, 2.05) is 0 Å². The largest absolute Gasteiger partial charge is 0.310 e. The molecule has 2 heterocycles. The Balaban J connectivity index is 1.24. The summed E-state index contributed by atoms with van der Waals surface area (Å²) >= 11 is 0. The molecule has 3 heteroatoms. The van der Waals surface area contributed by atoms with Crippen LogP contribution in [0.15, 0.2) is 243 Å². The first-order chi connectivity index (χ1) is 48.1. The first-order valence-electron chi connectivity index (χ1n) is 37.2. The Morgan fingerprint density at radius 1 is 0.235 bits per heavy atom. The van der Waals surface area contributed by atoms with Gasteiger partial charge in [0.25, 0.3) is 6.71 Å². The average molecular weight is 1330 g/mol. The quantitative estimate of drug-likeness (QED) is 0.133. The van der Waals surface area contributed by atoms with Gasteiger partial charge in [-0.25, -0.2) is 0 Å². The Hall–Kier alpha value is -9.70. The van der Waals surface area contributed by atoms with E-state index < -0.39 is 0 Å². The monoisotopic (exact) mass is 1330 g/mol. The van der Waals surface area contributed by atoms with Gasteiger partial charge in [0.2, 0.25) is 0 Å². The number of fused-ring (bicyclic) bond motifs is 4. The summed E-state index contributed by atoms with van der Waals surface area (Å²) < 4.78 is 0. The Morgan fingerprint density at radius 3 is 0.784 bits per heavy atom. The summed E-state index contributed by atoms with van der Waals surface area (Å²) in [6, 6.07) is 95.1. The van der Waals surface area contributed by atoms with Crippen LogP contribution in [-0.2, 0) is 32.5 Å². The van der Waals surface area contributed by atoms with Crippen LogP contribution in [0.3, 0.4) is 0 Å². The molecule has 2 aliphatic rings.